The molecule has 0 spiro atoms. The Bertz CT molecular complexity index is 578. The van der Waals surface area contributed by atoms with Crippen LogP contribution in [-0.2, 0) is 9.59 Å². The van der Waals surface area contributed by atoms with Gasteiger partial charge in [0.25, 0.3) is 0 Å². The number of hydrogen-bond donors (Lipinski definition) is 1. The minimum Gasteiger partial charge on any atom is -0.355 e. The minimum atomic E-state index is -0.432. The van der Waals surface area contributed by atoms with Gasteiger partial charge in [0.15, 0.2) is 0 Å². The largest absolute Gasteiger partial charge is 0.355 e. The molecule has 132 valence electrons. The maximum atomic E-state index is 12.0. The first kappa shape index (κ1) is 18.2. The number of aromatic nitrogens is 1. The summed E-state index contributed by atoms with van der Waals surface area (Å²) in [7, 11) is 0. The highest BCUT2D eigenvalue weighted by Crippen LogP contribution is 2.19. The summed E-state index contributed by atoms with van der Waals surface area (Å²) in [4.78, 5) is 32.4. The molecule has 0 radical (unpaired) electrons. The highest BCUT2D eigenvalue weighted by atomic mass is 16.2. The van der Waals surface area contributed by atoms with Crippen LogP contribution in [0.25, 0.3) is 0 Å². The molecule has 2 rings (SSSR count). The molecule has 0 atom stereocenters. The van der Waals surface area contributed by atoms with Gasteiger partial charge in [0.2, 0.25) is 11.8 Å². The van der Waals surface area contributed by atoms with Crippen LogP contribution in [0.1, 0.15) is 40.5 Å². The van der Waals surface area contributed by atoms with Crippen LogP contribution in [-0.4, -0.2) is 47.9 Å². The van der Waals surface area contributed by atoms with Gasteiger partial charge in [-0.2, -0.15) is 0 Å². The molecule has 24 heavy (non-hydrogen) atoms. The summed E-state index contributed by atoms with van der Waals surface area (Å²) >= 11 is 0. The second kappa shape index (κ2) is 7.64. The summed E-state index contributed by atoms with van der Waals surface area (Å²) in [5, 5.41) is 2.88. The quantitative estimate of drug-likeness (QED) is 0.924. The van der Waals surface area contributed by atoms with Gasteiger partial charge < -0.3 is 15.1 Å². The maximum absolute atomic E-state index is 12.0. The SMILES string of the molecule is CCC(=O)N1CCCN(c2ccc(NC(=O)C(C)(C)C)cn2)CC1. The molecule has 1 N–H and O–H groups in total. The van der Waals surface area contributed by atoms with Crippen molar-refractivity contribution in [2.45, 2.75) is 40.5 Å². The number of amides is 2. The fourth-order valence-corrected chi connectivity index (χ4v) is 2.59. The monoisotopic (exact) mass is 332 g/mol. The Morgan fingerprint density at radius 1 is 1.17 bits per heavy atom. The summed E-state index contributed by atoms with van der Waals surface area (Å²) in [5.74, 6) is 1.07. The van der Waals surface area contributed by atoms with E-state index in [4.69, 9.17) is 0 Å². The molecule has 1 aromatic heterocycles. The van der Waals surface area contributed by atoms with Crippen LogP contribution in [0, 0.1) is 5.41 Å². The van der Waals surface area contributed by atoms with Crippen LogP contribution >= 0.6 is 0 Å². The van der Waals surface area contributed by atoms with Gasteiger partial charge in [0.05, 0.1) is 11.9 Å². The molecular formula is C18H28N4O2. The topological polar surface area (TPSA) is 65.5 Å². The molecule has 0 bridgehead atoms. The van der Waals surface area contributed by atoms with E-state index >= 15 is 0 Å². The van der Waals surface area contributed by atoms with Gasteiger partial charge in [-0.1, -0.05) is 27.7 Å². The van der Waals surface area contributed by atoms with Gasteiger partial charge in [0, 0.05) is 38.0 Å². The second-order valence-corrected chi connectivity index (χ2v) is 7.18. The summed E-state index contributed by atoms with van der Waals surface area (Å²) in [6.45, 7) is 10.7. The van der Waals surface area contributed by atoms with Crippen molar-refractivity contribution in [3.63, 3.8) is 0 Å². The number of pyridine rings is 1. The average Bonchev–Trinajstić information content (AvgIpc) is 2.80. The average molecular weight is 332 g/mol. The van der Waals surface area contributed by atoms with Crippen LogP contribution < -0.4 is 10.2 Å². The third-order valence-corrected chi connectivity index (χ3v) is 4.16. The van der Waals surface area contributed by atoms with Crippen LogP contribution in [0.3, 0.4) is 0 Å². The Balaban J connectivity index is 1.98. The van der Waals surface area contributed by atoms with Crippen molar-refractivity contribution in [3.8, 4) is 0 Å². The third kappa shape index (κ3) is 4.69. The summed E-state index contributed by atoms with van der Waals surface area (Å²) < 4.78 is 0. The summed E-state index contributed by atoms with van der Waals surface area (Å²) in [5.41, 5.74) is 0.273. The lowest BCUT2D eigenvalue weighted by molar-refractivity contribution is -0.130. The molecule has 0 unspecified atom stereocenters. The van der Waals surface area contributed by atoms with Crippen molar-refractivity contribution in [3.05, 3.63) is 18.3 Å². The minimum absolute atomic E-state index is 0.0273. The standard InChI is InChI=1S/C18H28N4O2/c1-5-16(23)22-10-6-9-21(11-12-22)15-8-7-14(13-19-15)20-17(24)18(2,3)4/h7-8,13H,5-6,9-12H2,1-4H3,(H,20,24). The number of nitrogens with zero attached hydrogens (tertiary/aromatic N) is 3. The van der Waals surface area contributed by atoms with Crippen molar-refractivity contribution < 1.29 is 9.59 Å². The van der Waals surface area contributed by atoms with E-state index in [0.29, 0.717) is 12.1 Å². The van der Waals surface area contributed by atoms with Crippen molar-refractivity contribution in [2.24, 2.45) is 5.41 Å². The normalized spacial score (nSPS) is 15.8. The highest BCUT2D eigenvalue weighted by molar-refractivity contribution is 5.94. The van der Waals surface area contributed by atoms with Gasteiger partial charge in [-0.3, -0.25) is 9.59 Å². The third-order valence-electron chi connectivity index (χ3n) is 4.16. The van der Waals surface area contributed by atoms with E-state index in [0.717, 1.165) is 38.4 Å². The molecule has 1 aliphatic rings. The number of rotatable bonds is 3. The zero-order valence-electron chi connectivity index (χ0n) is 15.1. The zero-order chi connectivity index (χ0) is 17.7. The molecule has 6 heteroatoms. The maximum Gasteiger partial charge on any atom is 0.229 e. The van der Waals surface area contributed by atoms with E-state index in [1.54, 1.807) is 6.20 Å². The molecule has 0 saturated carbocycles. The molecule has 2 amide bonds. The predicted octanol–water partition coefficient (Wildman–Crippen LogP) is 2.51. The van der Waals surface area contributed by atoms with Crippen molar-refractivity contribution >= 4 is 23.3 Å². The van der Waals surface area contributed by atoms with Gasteiger partial charge in [0.1, 0.15) is 5.82 Å². The van der Waals surface area contributed by atoms with Crippen LogP contribution in [0.4, 0.5) is 11.5 Å². The molecule has 6 nitrogen and oxygen atoms in total. The molecule has 0 aromatic carbocycles. The predicted molar refractivity (Wildman–Crippen MR) is 96.0 cm³/mol. The summed E-state index contributed by atoms with van der Waals surface area (Å²) in [6.07, 6.45) is 3.19. The first-order valence-electron chi connectivity index (χ1n) is 8.61. The number of nitrogens with one attached hydrogen (secondary N) is 1. The lowest BCUT2D eigenvalue weighted by Crippen LogP contribution is -2.34. The Morgan fingerprint density at radius 2 is 1.92 bits per heavy atom. The van der Waals surface area contributed by atoms with E-state index in [-0.39, 0.29) is 11.8 Å². The highest BCUT2D eigenvalue weighted by Gasteiger charge is 2.22. The van der Waals surface area contributed by atoms with Gasteiger partial charge in [-0.05, 0) is 18.6 Å². The van der Waals surface area contributed by atoms with E-state index < -0.39 is 5.41 Å². The Hall–Kier alpha value is -2.11. The van der Waals surface area contributed by atoms with Crippen LogP contribution in [0.2, 0.25) is 0 Å². The number of hydrogen-bond acceptors (Lipinski definition) is 4. The van der Waals surface area contributed by atoms with Gasteiger partial charge >= 0.3 is 0 Å². The lowest BCUT2D eigenvalue weighted by Gasteiger charge is -2.23. The first-order valence-corrected chi connectivity index (χ1v) is 8.61. The van der Waals surface area contributed by atoms with Crippen LogP contribution in [0.5, 0.6) is 0 Å². The number of carbonyl (C=O) groups is 2. The van der Waals surface area contributed by atoms with Crippen LogP contribution in [0.15, 0.2) is 18.3 Å². The Kier molecular flexibility index (Phi) is 5.80. The van der Waals surface area contributed by atoms with E-state index in [2.05, 4.69) is 15.2 Å². The smallest absolute Gasteiger partial charge is 0.229 e. The van der Waals surface area contributed by atoms with E-state index in [1.807, 2.05) is 44.7 Å². The molecule has 1 saturated heterocycles. The molecule has 1 aromatic rings. The molecule has 1 aliphatic heterocycles. The lowest BCUT2D eigenvalue weighted by atomic mass is 9.96. The molecule has 2 heterocycles. The van der Waals surface area contributed by atoms with Gasteiger partial charge in [-0.25, -0.2) is 4.98 Å². The van der Waals surface area contributed by atoms with Crippen molar-refractivity contribution in [1.82, 2.24) is 9.88 Å². The van der Waals surface area contributed by atoms with Crippen molar-refractivity contribution in [1.29, 1.82) is 0 Å². The number of carbonyl (C=O) groups excluding carboxylic acids is 2. The molecular weight excluding hydrogens is 304 g/mol. The Morgan fingerprint density at radius 3 is 2.50 bits per heavy atom. The van der Waals surface area contributed by atoms with E-state index in [9.17, 15) is 9.59 Å². The number of anilines is 2. The zero-order valence-corrected chi connectivity index (χ0v) is 15.1. The Labute approximate surface area is 144 Å². The summed E-state index contributed by atoms with van der Waals surface area (Å²) in [6, 6.07) is 3.81. The fourth-order valence-electron chi connectivity index (χ4n) is 2.59. The molecule has 0 aliphatic carbocycles. The first-order chi connectivity index (χ1) is 11.3. The fraction of sp³-hybridized carbons (Fsp3) is 0.611. The second-order valence-electron chi connectivity index (χ2n) is 7.18. The molecule has 1 fully saturated rings. The van der Waals surface area contributed by atoms with Crippen molar-refractivity contribution in [2.75, 3.05) is 36.4 Å². The van der Waals surface area contributed by atoms with Gasteiger partial charge in [-0.15, -0.1) is 0 Å². The van der Waals surface area contributed by atoms with E-state index in [1.165, 1.54) is 0 Å².